The van der Waals surface area contributed by atoms with Crippen LogP contribution in [-0.4, -0.2) is 11.1 Å². The third kappa shape index (κ3) is 1.72. The van der Waals surface area contributed by atoms with E-state index >= 15 is 0 Å². The van der Waals surface area contributed by atoms with E-state index in [-0.39, 0.29) is 17.3 Å². The standard InChI is InChI=1S/C11H20O2/c1-4-11(6-5-7-11)9(8(2)3)10(12)13/h8-9H,4-7H2,1-3H3,(H,12,13). The molecule has 0 bridgehead atoms. The van der Waals surface area contributed by atoms with E-state index in [1.165, 1.54) is 6.42 Å². The summed E-state index contributed by atoms with van der Waals surface area (Å²) in [6.07, 6.45) is 4.45. The van der Waals surface area contributed by atoms with E-state index in [0.29, 0.717) is 0 Å². The SMILES string of the molecule is CCC1(C(C(=O)O)C(C)C)CCC1. The Bertz CT molecular complexity index is 187. The van der Waals surface area contributed by atoms with E-state index in [1.807, 2.05) is 13.8 Å². The van der Waals surface area contributed by atoms with Gasteiger partial charge >= 0.3 is 5.97 Å². The van der Waals surface area contributed by atoms with Gasteiger partial charge < -0.3 is 5.11 Å². The molecule has 1 rings (SSSR count). The third-order valence-corrected chi connectivity index (χ3v) is 3.65. The summed E-state index contributed by atoms with van der Waals surface area (Å²) in [7, 11) is 0. The van der Waals surface area contributed by atoms with Crippen LogP contribution in [0.4, 0.5) is 0 Å². The Balaban J connectivity index is 2.79. The van der Waals surface area contributed by atoms with E-state index in [2.05, 4.69) is 6.92 Å². The Morgan fingerprint density at radius 3 is 2.08 bits per heavy atom. The number of hydrogen-bond donors (Lipinski definition) is 1. The molecule has 0 aliphatic heterocycles. The van der Waals surface area contributed by atoms with Crippen molar-refractivity contribution >= 4 is 5.97 Å². The van der Waals surface area contributed by atoms with E-state index < -0.39 is 5.97 Å². The zero-order valence-electron chi connectivity index (χ0n) is 8.84. The molecule has 0 aromatic rings. The van der Waals surface area contributed by atoms with Crippen molar-refractivity contribution in [3.8, 4) is 0 Å². The summed E-state index contributed by atoms with van der Waals surface area (Å²) in [5.41, 5.74) is 0.125. The second-order valence-corrected chi connectivity index (χ2v) is 4.63. The van der Waals surface area contributed by atoms with Crippen LogP contribution >= 0.6 is 0 Å². The molecule has 0 amide bonds. The lowest BCUT2D eigenvalue weighted by Gasteiger charge is -2.47. The highest BCUT2D eigenvalue weighted by molar-refractivity contribution is 5.71. The zero-order valence-corrected chi connectivity index (χ0v) is 8.84. The maximum absolute atomic E-state index is 11.1. The van der Waals surface area contributed by atoms with Gasteiger partial charge in [-0.2, -0.15) is 0 Å². The van der Waals surface area contributed by atoms with Crippen LogP contribution in [0, 0.1) is 17.3 Å². The predicted octanol–water partition coefficient (Wildman–Crippen LogP) is 2.92. The molecule has 13 heavy (non-hydrogen) atoms. The van der Waals surface area contributed by atoms with E-state index in [9.17, 15) is 9.90 Å². The quantitative estimate of drug-likeness (QED) is 0.729. The van der Waals surface area contributed by atoms with Gasteiger partial charge in [-0.25, -0.2) is 0 Å². The summed E-state index contributed by atoms with van der Waals surface area (Å²) in [6, 6.07) is 0. The molecule has 0 aromatic carbocycles. The lowest BCUT2D eigenvalue weighted by Crippen LogP contribution is -2.43. The molecule has 2 nitrogen and oxygen atoms in total. The van der Waals surface area contributed by atoms with Gasteiger partial charge in [-0.05, 0) is 30.6 Å². The molecule has 0 heterocycles. The van der Waals surface area contributed by atoms with Crippen molar-refractivity contribution in [3.63, 3.8) is 0 Å². The Morgan fingerprint density at radius 1 is 1.46 bits per heavy atom. The first-order valence-electron chi connectivity index (χ1n) is 5.26. The average molecular weight is 184 g/mol. The van der Waals surface area contributed by atoms with Crippen molar-refractivity contribution in [2.75, 3.05) is 0 Å². The summed E-state index contributed by atoms with van der Waals surface area (Å²) in [5.74, 6) is -0.472. The number of carboxylic acid groups (broad SMARTS) is 1. The molecule has 0 spiro atoms. The van der Waals surface area contributed by atoms with Gasteiger partial charge in [-0.3, -0.25) is 4.79 Å². The second-order valence-electron chi connectivity index (χ2n) is 4.63. The van der Waals surface area contributed by atoms with Gasteiger partial charge in [0, 0.05) is 0 Å². The number of rotatable bonds is 4. The summed E-state index contributed by atoms with van der Waals surface area (Å²) >= 11 is 0. The predicted molar refractivity (Wildman–Crippen MR) is 52.5 cm³/mol. The highest BCUT2D eigenvalue weighted by Crippen LogP contribution is 2.52. The van der Waals surface area contributed by atoms with Crippen molar-refractivity contribution in [2.45, 2.75) is 46.5 Å². The van der Waals surface area contributed by atoms with Crippen LogP contribution in [0.5, 0.6) is 0 Å². The van der Waals surface area contributed by atoms with Crippen molar-refractivity contribution in [3.05, 3.63) is 0 Å². The van der Waals surface area contributed by atoms with Crippen molar-refractivity contribution in [1.82, 2.24) is 0 Å². The third-order valence-electron chi connectivity index (χ3n) is 3.65. The minimum Gasteiger partial charge on any atom is -0.481 e. The molecule has 76 valence electrons. The minimum absolute atomic E-state index is 0.125. The van der Waals surface area contributed by atoms with Gasteiger partial charge in [0.25, 0.3) is 0 Å². The van der Waals surface area contributed by atoms with Crippen molar-refractivity contribution in [1.29, 1.82) is 0 Å². The fourth-order valence-electron chi connectivity index (χ4n) is 2.77. The van der Waals surface area contributed by atoms with E-state index in [0.717, 1.165) is 19.3 Å². The minimum atomic E-state index is -0.600. The highest BCUT2D eigenvalue weighted by Gasteiger charge is 2.47. The fraction of sp³-hybridized carbons (Fsp3) is 0.909. The van der Waals surface area contributed by atoms with Gasteiger partial charge in [0.05, 0.1) is 5.92 Å². The fourth-order valence-corrected chi connectivity index (χ4v) is 2.77. The summed E-state index contributed by atoms with van der Waals surface area (Å²) in [6.45, 7) is 6.17. The van der Waals surface area contributed by atoms with Crippen LogP contribution in [0.2, 0.25) is 0 Å². The monoisotopic (exact) mass is 184 g/mol. The maximum atomic E-state index is 11.1. The lowest BCUT2D eigenvalue weighted by atomic mass is 9.57. The first-order chi connectivity index (χ1) is 6.03. The molecule has 2 heteroatoms. The van der Waals surface area contributed by atoms with Gasteiger partial charge in [0.1, 0.15) is 0 Å². The van der Waals surface area contributed by atoms with Crippen LogP contribution in [-0.2, 0) is 4.79 Å². The molecule has 1 unspecified atom stereocenters. The Morgan fingerprint density at radius 2 is 2.00 bits per heavy atom. The normalized spacial score (nSPS) is 22.5. The molecular weight excluding hydrogens is 164 g/mol. The van der Waals surface area contributed by atoms with Crippen molar-refractivity contribution < 1.29 is 9.90 Å². The summed E-state index contributed by atoms with van der Waals surface area (Å²) in [4.78, 5) is 11.1. The van der Waals surface area contributed by atoms with Crippen LogP contribution in [0.25, 0.3) is 0 Å². The number of hydrogen-bond acceptors (Lipinski definition) is 1. The molecule has 1 saturated carbocycles. The maximum Gasteiger partial charge on any atom is 0.307 e. The van der Waals surface area contributed by atoms with E-state index in [4.69, 9.17) is 0 Å². The molecule has 1 fully saturated rings. The van der Waals surface area contributed by atoms with Crippen molar-refractivity contribution in [2.24, 2.45) is 17.3 Å². The smallest absolute Gasteiger partial charge is 0.307 e. The van der Waals surface area contributed by atoms with E-state index in [1.54, 1.807) is 0 Å². The molecule has 0 aromatic heterocycles. The molecule has 0 radical (unpaired) electrons. The van der Waals surface area contributed by atoms with Gasteiger partial charge in [0.15, 0.2) is 0 Å². The topological polar surface area (TPSA) is 37.3 Å². The molecule has 1 aliphatic carbocycles. The largest absolute Gasteiger partial charge is 0.481 e. The molecule has 1 N–H and O–H groups in total. The van der Waals surface area contributed by atoms with Crippen LogP contribution < -0.4 is 0 Å². The highest BCUT2D eigenvalue weighted by atomic mass is 16.4. The Hall–Kier alpha value is -0.530. The summed E-state index contributed by atoms with van der Waals surface area (Å²) < 4.78 is 0. The molecule has 1 atom stereocenters. The summed E-state index contributed by atoms with van der Waals surface area (Å²) in [5, 5.41) is 9.18. The van der Waals surface area contributed by atoms with Gasteiger partial charge in [0.2, 0.25) is 0 Å². The second kappa shape index (κ2) is 3.69. The Labute approximate surface area is 80.3 Å². The van der Waals surface area contributed by atoms with Gasteiger partial charge in [-0.1, -0.05) is 27.2 Å². The average Bonchev–Trinajstić information content (AvgIpc) is 1.94. The molecular formula is C11H20O2. The molecule has 0 saturated heterocycles. The Kier molecular flexibility index (Phi) is 2.99. The number of carboxylic acids is 1. The molecule has 1 aliphatic rings. The number of aliphatic carboxylic acids is 1. The first-order valence-corrected chi connectivity index (χ1v) is 5.26. The number of carbonyl (C=O) groups is 1. The van der Waals surface area contributed by atoms with Crippen LogP contribution in [0.15, 0.2) is 0 Å². The first kappa shape index (κ1) is 10.6. The van der Waals surface area contributed by atoms with Crippen LogP contribution in [0.3, 0.4) is 0 Å². The van der Waals surface area contributed by atoms with Gasteiger partial charge in [-0.15, -0.1) is 0 Å². The zero-order chi connectivity index (χ0) is 10.1. The van der Waals surface area contributed by atoms with Crippen LogP contribution in [0.1, 0.15) is 46.5 Å². The lowest BCUT2D eigenvalue weighted by molar-refractivity contribution is -0.153.